The quantitative estimate of drug-likeness (QED) is 0.626. The van der Waals surface area contributed by atoms with Crippen LogP contribution in [0.3, 0.4) is 0 Å². The van der Waals surface area contributed by atoms with Gasteiger partial charge in [-0.25, -0.2) is 4.39 Å². The van der Waals surface area contributed by atoms with Crippen molar-refractivity contribution in [3.05, 3.63) is 71.9 Å². The van der Waals surface area contributed by atoms with E-state index in [4.69, 9.17) is 4.52 Å². The summed E-state index contributed by atoms with van der Waals surface area (Å²) >= 11 is 0. The van der Waals surface area contributed by atoms with Crippen molar-refractivity contribution in [2.45, 2.75) is 38.0 Å². The summed E-state index contributed by atoms with van der Waals surface area (Å²) in [5.74, 6) is 0.990. The monoisotopic (exact) mass is 393 g/mol. The molecule has 0 radical (unpaired) electrons. The third-order valence-corrected chi connectivity index (χ3v) is 5.61. The summed E-state index contributed by atoms with van der Waals surface area (Å²) in [4.78, 5) is 19.5. The Morgan fingerprint density at radius 2 is 1.83 bits per heavy atom. The lowest BCUT2D eigenvalue weighted by molar-refractivity contribution is -0.134. The molecule has 5 nitrogen and oxygen atoms in total. The van der Waals surface area contributed by atoms with Crippen molar-refractivity contribution < 1.29 is 13.7 Å². The molecule has 1 atom stereocenters. The number of carbonyl (C=O) groups excluding carboxylic acids is 1. The Morgan fingerprint density at radius 3 is 2.48 bits per heavy atom. The number of likely N-dealkylation sites (tertiary alicyclic amines) is 1. The van der Waals surface area contributed by atoms with E-state index >= 15 is 0 Å². The van der Waals surface area contributed by atoms with Crippen LogP contribution in [0.4, 0.5) is 4.39 Å². The van der Waals surface area contributed by atoms with Crippen LogP contribution in [-0.2, 0) is 4.79 Å². The molecular formula is C23H24FN3O2. The molecule has 0 spiro atoms. The maximum absolute atomic E-state index is 13.1. The second kappa shape index (κ2) is 8.55. The second-order valence-corrected chi connectivity index (χ2v) is 7.43. The van der Waals surface area contributed by atoms with Gasteiger partial charge in [0, 0.05) is 24.6 Å². The lowest BCUT2D eigenvalue weighted by Crippen LogP contribution is -2.40. The van der Waals surface area contributed by atoms with Gasteiger partial charge in [-0.3, -0.25) is 4.79 Å². The van der Waals surface area contributed by atoms with Gasteiger partial charge in [-0.2, -0.15) is 4.98 Å². The molecule has 6 heteroatoms. The predicted molar refractivity (Wildman–Crippen MR) is 108 cm³/mol. The SMILES string of the molecule is CCC(C(=O)N1CCC(c2nc(-c3ccc(F)cc3)no2)CC1)c1ccccc1. The minimum atomic E-state index is -0.296. The van der Waals surface area contributed by atoms with Crippen molar-refractivity contribution in [1.29, 1.82) is 0 Å². The summed E-state index contributed by atoms with van der Waals surface area (Å²) in [6.45, 7) is 3.42. The van der Waals surface area contributed by atoms with Gasteiger partial charge in [0.25, 0.3) is 0 Å². The summed E-state index contributed by atoms with van der Waals surface area (Å²) in [7, 11) is 0. The Hall–Kier alpha value is -3.02. The van der Waals surface area contributed by atoms with Crippen LogP contribution in [0.2, 0.25) is 0 Å². The first-order valence-corrected chi connectivity index (χ1v) is 10.1. The Labute approximate surface area is 169 Å². The number of carbonyl (C=O) groups is 1. The first-order chi connectivity index (χ1) is 14.2. The maximum atomic E-state index is 13.1. The molecule has 1 fully saturated rings. The maximum Gasteiger partial charge on any atom is 0.230 e. The van der Waals surface area contributed by atoms with Crippen LogP contribution in [0.1, 0.15) is 49.5 Å². The summed E-state index contributed by atoms with van der Waals surface area (Å²) in [6, 6.07) is 16.0. The van der Waals surface area contributed by atoms with Crippen molar-refractivity contribution in [2.75, 3.05) is 13.1 Å². The van der Waals surface area contributed by atoms with Crippen molar-refractivity contribution >= 4 is 5.91 Å². The number of amides is 1. The van der Waals surface area contributed by atoms with Crippen LogP contribution in [0.25, 0.3) is 11.4 Å². The van der Waals surface area contributed by atoms with Crippen LogP contribution in [-0.4, -0.2) is 34.0 Å². The van der Waals surface area contributed by atoms with Gasteiger partial charge in [-0.1, -0.05) is 42.4 Å². The van der Waals surface area contributed by atoms with E-state index in [1.165, 1.54) is 12.1 Å². The molecule has 0 saturated carbocycles. The molecule has 0 bridgehead atoms. The Bertz CT molecular complexity index is 948. The minimum Gasteiger partial charge on any atom is -0.342 e. The highest BCUT2D eigenvalue weighted by molar-refractivity contribution is 5.83. The molecule has 150 valence electrons. The van der Waals surface area contributed by atoms with E-state index in [1.54, 1.807) is 12.1 Å². The molecule has 2 aromatic carbocycles. The fourth-order valence-corrected chi connectivity index (χ4v) is 3.92. The van der Waals surface area contributed by atoms with Crippen LogP contribution in [0, 0.1) is 5.82 Å². The zero-order valence-corrected chi connectivity index (χ0v) is 16.4. The molecule has 1 saturated heterocycles. The first kappa shape index (κ1) is 19.3. The number of aromatic nitrogens is 2. The molecule has 1 aromatic heterocycles. The van der Waals surface area contributed by atoms with E-state index in [1.807, 2.05) is 35.2 Å². The Balaban J connectivity index is 1.39. The van der Waals surface area contributed by atoms with E-state index in [2.05, 4.69) is 17.1 Å². The Kier molecular flexibility index (Phi) is 5.69. The van der Waals surface area contributed by atoms with Gasteiger partial charge in [-0.15, -0.1) is 0 Å². The lowest BCUT2D eigenvalue weighted by atomic mass is 9.92. The van der Waals surface area contributed by atoms with Crippen LogP contribution >= 0.6 is 0 Å². The lowest BCUT2D eigenvalue weighted by Gasteiger charge is -2.33. The topological polar surface area (TPSA) is 59.2 Å². The Morgan fingerprint density at radius 1 is 1.14 bits per heavy atom. The third kappa shape index (κ3) is 4.21. The molecule has 1 aliphatic heterocycles. The van der Waals surface area contributed by atoms with Gasteiger partial charge in [-0.05, 0) is 49.1 Å². The molecule has 2 heterocycles. The summed E-state index contributed by atoms with van der Waals surface area (Å²) in [6.07, 6.45) is 2.37. The highest BCUT2D eigenvalue weighted by Gasteiger charge is 2.31. The number of halogens is 1. The fourth-order valence-electron chi connectivity index (χ4n) is 3.92. The van der Waals surface area contributed by atoms with Gasteiger partial charge >= 0.3 is 0 Å². The summed E-state index contributed by atoms with van der Waals surface area (Å²) in [5, 5.41) is 4.04. The van der Waals surface area contributed by atoms with Crippen LogP contribution in [0.15, 0.2) is 59.1 Å². The van der Waals surface area contributed by atoms with E-state index < -0.39 is 0 Å². The molecular weight excluding hydrogens is 369 g/mol. The third-order valence-electron chi connectivity index (χ3n) is 5.61. The van der Waals surface area contributed by atoms with E-state index in [9.17, 15) is 9.18 Å². The highest BCUT2D eigenvalue weighted by Crippen LogP contribution is 2.31. The van der Waals surface area contributed by atoms with E-state index in [-0.39, 0.29) is 23.6 Å². The first-order valence-electron chi connectivity index (χ1n) is 10.1. The zero-order chi connectivity index (χ0) is 20.2. The standard InChI is InChI=1S/C23H24FN3O2/c1-2-20(16-6-4-3-5-7-16)23(28)27-14-12-18(13-15-27)22-25-21(26-29-22)17-8-10-19(24)11-9-17/h3-11,18,20H,2,12-15H2,1H3. The highest BCUT2D eigenvalue weighted by atomic mass is 19.1. The number of rotatable bonds is 5. The normalized spacial score (nSPS) is 16.0. The molecule has 1 unspecified atom stereocenters. The minimum absolute atomic E-state index is 0.0961. The van der Waals surface area contributed by atoms with Crippen molar-refractivity contribution in [3.8, 4) is 11.4 Å². The number of hydrogen-bond acceptors (Lipinski definition) is 4. The fraction of sp³-hybridized carbons (Fsp3) is 0.348. The zero-order valence-electron chi connectivity index (χ0n) is 16.4. The summed E-state index contributed by atoms with van der Waals surface area (Å²) in [5.41, 5.74) is 1.80. The number of piperidine rings is 1. The van der Waals surface area contributed by atoms with Gasteiger partial charge in [0.15, 0.2) is 0 Å². The van der Waals surface area contributed by atoms with E-state index in [0.717, 1.165) is 30.4 Å². The molecule has 1 amide bonds. The van der Waals surface area contributed by atoms with Crippen molar-refractivity contribution in [3.63, 3.8) is 0 Å². The van der Waals surface area contributed by atoms with Crippen LogP contribution in [0.5, 0.6) is 0 Å². The number of nitrogens with zero attached hydrogens (tertiary/aromatic N) is 3. The second-order valence-electron chi connectivity index (χ2n) is 7.43. The average Bonchev–Trinajstić information content (AvgIpc) is 3.26. The molecule has 0 aliphatic carbocycles. The van der Waals surface area contributed by atoms with Crippen molar-refractivity contribution in [1.82, 2.24) is 15.0 Å². The largest absolute Gasteiger partial charge is 0.342 e. The van der Waals surface area contributed by atoms with Gasteiger partial charge in [0.05, 0.1) is 5.92 Å². The number of benzene rings is 2. The van der Waals surface area contributed by atoms with Gasteiger partial charge in [0.2, 0.25) is 17.6 Å². The smallest absolute Gasteiger partial charge is 0.230 e. The molecule has 4 rings (SSSR count). The van der Waals surface area contributed by atoms with Crippen molar-refractivity contribution in [2.24, 2.45) is 0 Å². The van der Waals surface area contributed by atoms with Crippen LogP contribution < -0.4 is 0 Å². The molecule has 0 N–H and O–H groups in total. The van der Waals surface area contributed by atoms with E-state index in [0.29, 0.717) is 24.8 Å². The summed E-state index contributed by atoms with van der Waals surface area (Å²) < 4.78 is 18.6. The average molecular weight is 393 g/mol. The predicted octanol–water partition coefficient (Wildman–Crippen LogP) is 4.78. The molecule has 29 heavy (non-hydrogen) atoms. The number of hydrogen-bond donors (Lipinski definition) is 0. The van der Waals surface area contributed by atoms with Gasteiger partial charge in [0.1, 0.15) is 5.82 Å². The molecule has 1 aliphatic rings. The van der Waals surface area contributed by atoms with Gasteiger partial charge < -0.3 is 9.42 Å². The molecule has 3 aromatic rings.